The highest BCUT2D eigenvalue weighted by Crippen LogP contribution is 2.19. The lowest BCUT2D eigenvalue weighted by Crippen LogP contribution is -2.57. The SMILES string of the molecule is NC(=O)CC(N)C(=O)NC(CC(=O)O)C(=O)N1CCCC1C(=O)NC(CO)C(=O)O. The Bertz CT molecular complexity index is 713. The summed E-state index contributed by atoms with van der Waals surface area (Å²) in [5.41, 5.74) is 10.4. The van der Waals surface area contributed by atoms with Gasteiger partial charge in [-0.2, -0.15) is 0 Å². The third-order valence-corrected chi connectivity index (χ3v) is 4.39. The Labute approximate surface area is 170 Å². The predicted octanol–water partition coefficient (Wildman–Crippen LogP) is -4.30. The van der Waals surface area contributed by atoms with Crippen LogP contribution in [-0.2, 0) is 28.8 Å². The van der Waals surface area contributed by atoms with Crippen molar-refractivity contribution in [1.82, 2.24) is 15.5 Å². The van der Waals surface area contributed by atoms with E-state index in [4.69, 9.17) is 26.8 Å². The number of likely N-dealkylation sites (tertiary alicyclic amines) is 1. The van der Waals surface area contributed by atoms with Gasteiger partial charge in [0.15, 0.2) is 0 Å². The summed E-state index contributed by atoms with van der Waals surface area (Å²) in [5, 5.41) is 31.3. The molecule has 0 bridgehead atoms. The Morgan fingerprint density at radius 2 is 1.67 bits per heavy atom. The van der Waals surface area contributed by atoms with Gasteiger partial charge in [-0.1, -0.05) is 0 Å². The maximum absolute atomic E-state index is 12.8. The number of nitrogens with one attached hydrogen (secondary N) is 2. The van der Waals surface area contributed by atoms with Gasteiger partial charge >= 0.3 is 11.9 Å². The number of carbonyl (C=O) groups is 6. The molecule has 1 aliphatic heterocycles. The van der Waals surface area contributed by atoms with E-state index in [-0.39, 0.29) is 13.0 Å². The van der Waals surface area contributed by atoms with E-state index in [1.807, 2.05) is 0 Å². The Morgan fingerprint density at radius 1 is 1.03 bits per heavy atom. The molecule has 0 radical (unpaired) electrons. The van der Waals surface area contributed by atoms with Crippen LogP contribution in [0.2, 0.25) is 0 Å². The molecule has 0 saturated carbocycles. The fraction of sp³-hybridized carbons (Fsp3) is 0.625. The lowest BCUT2D eigenvalue weighted by Gasteiger charge is -2.29. The van der Waals surface area contributed by atoms with Crippen LogP contribution < -0.4 is 22.1 Å². The van der Waals surface area contributed by atoms with Crippen LogP contribution in [0.5, 0.6) is 0 Å². The second kappa shape index (κ2) is 11.1. The summed E-state index contributed by atoms with van der Waals surface area (Å²) in [7, 11) is 0. The van der Waals surface area contributed by atoms with Gasteiger partial charge in [0.2, 0.25) is 23.6 Å². The van der Waals surface area contributed by atoms with Crippen LogP contribution in [0.15, 0.2) is 0 Å². The van der Waals surface area contributed by atoms with Crippen molar-refractivity contribution in [2.45, 2.75) is 49.9 Å². The molecule has 0 aromatic heterocycles. The van der Waals surface area contributed by atoms with Gasteiger partial charge in [-0.3, -0.25) is 24.0 Å². The number of carboxylic acid groups (broad SMARTS) is 2. The van der Waals surface area contributed by atoms with E-state index < -0.39 is 79.2 Å². The lowest BCUT2D eigenvalue weighted by atomic mass is 10.1. The molecule has 168 valence electrons. The van der Waals surface area contributed by atoms with Crippen LogP contribution in [0.1, 0.15) is 25.7 Å². The summed E-state index contributed by atoms with van der Waals surface area (Å²) >= 11 is 0. The Morgan fingerprint density at radius 3 is 2.17 bits per heavy atom. The van der Waals surface area contributed by atoms with Crippen molar-refractivity contribution in [3.8, 4) is 0 Å². The van der Waals surface area contributed by atoms with E-state index in [0.29, 0.717) is 6.42 Å². The van der Waals surface area contributed by atoms with Crippen molar-refractivity contribution in [3.05, 3.63) is 0 Å². The predicted molar refractivity (Wildman–Crippen MR) is 97.4 cm³/mol. The normalized spacial score (nSPS) is 18.7. The second-order valence-corrected chi connectivity index (χ2v) is 6.71. The maximum Gasteiger partial charge on any atom is 0.328 e. The monoisotopic (exact) mass is 431 g/mol. The number of carboxylic acids is 2. The van der Waals surface area contributed by atoms with Gasteiger partial charge in [0.1, 0.15) is 18.1 Å². The zero-order valence-corrected chi connectivity index (χ0v) is 15.9. The zero-order valence-electron chi connectivity index (χ0n) is 15.9. The molecule has 0 spiro atoms. The van der Waals surface area contributed by atoms with Gasteiger partial charge in [-0.25, -0.2) is 4.79 Å². The molecule has 30 heavy (non-hydrogen) atoms. The average Bonchev–Trinajstić information content (AvgIpc) is 3.13. The van der Waals surface area contributed by atoms with E-state index in [1.54, 1.807) is 0 Å². The molecular formula is C16H25N5O9. The van der Waals surface area contributed by atoms with E-state index in [2.05, 4.69) is 10.6 Å². The molecule has 1 heterocycles. The number of hydrogen-bond donors (Lipinski definition) is 7. The first-order chi connectivity index (χ1) is 14.0. The van der Waals surface area contributed by atoms with Crippen molar-refractivity contribution >= 4 is 35.6 Å². The lowest BCUT2D eigenvalue weighted by molar-refractivity contribution is -0.147. The van der Waals surface area contributed by atoms with Crippen LogP contribution in [0.3, 0.4) is 0 Å². The third-order valence-electron chi connectivity index (χ3n) is 4.39. The molecule has 1 aliphatic rings. The van der Waals surface area contributed by atoms with Crippen LogP contribution in [0.4, 0.5) is 0 Å². The van der Waals surface area contributed by atoms with Crippen molar-refractivity contribution in [2.75, 3.05) is 13.2 Å². The number of aliphatic hydroxyl groups excluding tert-OH is 1. The summed E-state index contributed by atoms with van der Waals surface area (Å²) in [6.45, 7) is -0.801. The quantitative estimate of drug-likeness (QED) is 0.166. The van der Waals surface area contributed by atoms with Gasteiger partial charge < -0.3 is 42.3 Å². The van der Waals surface area contributed by atoms with Crippen molar-refractivity contribution in [2.24, 2.45) is 11.5 Å². The number of rotatable bonds is 11. The van der Waals surface area contributed by atoms with Crippen molar-refractivity contribution < 1.29 is 44.1 Å². The average molecular weight is 431 g/mol. The van der Waals surface area contributed by atoms with Crippen LogP contribution in [0, 0.1) is 0 Å². The topological polar surface area (TPSA) is 242 Å². The van der Waals surface area contributed by atoms with Gasteiger partial charge in [0.25, 0.3) is 0 Å². The highest BCUT2D eigenvalue weighted by atomic mass is 16.4. The maximum atomic E-state index is 12.8. The first kappa shape index (κ1) is 24.8. The smallest absolute Gasteiger partial charge is 0.328 e. The Balaban J connectivity index is 2.94. The molecule has 14 nitrogen and oxygen atoms in total. The molecule has 0 aromatic rings. The molecular weight excluding hydrogens is 406 g/mol. The van der Waals surface area contributed by atoms with Gasteiger partial charge in [0.05, 0.1) is 25.5 Å². The molecule has 14 heteroatoms. The first-order valence-corrected chi connectivity index (χ1v) is 8.98. The first-order valence-electron chi connectivity index (χ1n) is 8.98. The Kier molecular flexibility index (Phi) is 9.14. The highest BCUT2D eigenvalue weighted by molar-refractivity contribution is 5.96. The highest BCUT2D eigenvalue weighted by Gasteiger charge is 2.39. The minimum atomic E-state index is -1.57. The zero-order chi connectivity index (χ0) is 23.0. The van der Waals surface area contributed by atoms with Gasteiger partial charge in [-0.05, 0) is 12.8 Å². The number of hydrogen-bond acceptors (Lipinski definition) is 8. The summed E-state index contributed by atoms with van der Waals surface area (Å²) in [4.78, 5) is 71.3. The number of carbonyl (C=O) groups excluding carboxylic acids is 4. The van der Waals surface area contributed by atoms with Gasteiger partial charge in [-0.15, -0.1) is 0 Å². The summed E-state index contributed by atoms with van der Waals surface area (Å²) in [6.07, 6.45) is -0.792. The molecule has 0 aromatic carbocycles. The van der Waals surface area contributed by atoms with E-state index in [0.717, 1.165) is 4.90 Å². The fourth-order valence-electron chi connectivity index (χ4n) is 2.92. The van der Waals surface area contributed by atoms with E-state index >= 15 is 0 Å². The van der Waals surface area contributed by atoms with E-state index in [9.17, 15) is 28.8 Å². The van der Waals surface area contributed by atoms with Crippen LogP contribution in [-0.4, -0.2) is 93.1 Å². The number of nitrogens with two attached hydrogens (primary N) is 2. The molecule has 1 saturated heterocycles. The summed E-state index contributed by atoms with van der Waals surface area (Å²) in [6, 6.07) is -5.66. The third kappa shape index (κ3) is 6.97. The molecule has 1 rings (SSSR count). The fourth-order valence-corrected chi connectivity index (χ4v) is 2.92. The molecule has 0 aliphatic carbocycles. The molecule has 9 N–H and O–H groups in total. The van der Waals surface area contributed by atoms with Crippen molar-refractivity contribution in [3.63, 3.8) is 0 Å². The summed E-state index contributed by atoms with van der Waals surface area (Å²) < 4.78 is 0. The number of amides is 4. The largest absolute Gasteiger partial charge is 0.481 e. The number of aliphatic hydroxyl groups is 1. The summed E-state index contributed by atoms with van der Waals surface area (Å²) in [5.74, 6) is -6.45. The van der Waals surface area contributed by atoms with E-state index in [1.165, 1.54) is 0 Å². The molecule has 4 atom stereocenters. The Hall–Kier alpha value is -3.26. The molecule has 4 amide bonds. The number of nitrogens with zero attached hydrogens (tertiary/aromatic N) is 1. The minimum absolute atomic E-state index is 0.0626. The minimum Gasteiger partial charge on any atom is -0.481 e. The number of primary amides is 1. The molecule has 1 fully saturated rings. The van der Waals surface area contributed by atoms with Crippen molar-refractivity contribution in [1.29, 1.82) is 0 Å². The second-order valence-electron chi connectivity index (χ2n) is 6.71. The van der Waals surface area contributed by atoms with Crippen LogP contribution in [0.25, 0.3) is 0 Å². The van der Waals surface area contributed by atoms with Gasteiger partial charge in [0, 0.05) is 6.54 Å². The van der Waals surface area contributed by atoms with Crippen LogP contribution >= 0.6 is 0 Å². The standard InChI is InChI=1S/C16H25N5O9/c17-7(4-11(18)23)13(26)19-8(5-12(24)25)15(28)21-3-1-2-10(21)14(27)20-9(6-22)16(29)30/h7-10,22H,1-6,17H2,(H2,18,23)(H,19,26)(H,20,27)(H,24,25)(H,29,30). The number of aliphatic carboxylic acids is 2. The molecule has 4 unspecified atom stereocenters.